The number of rotatable bonds is 8. The van der Waals surface area contributed by atoms with Gasteiger partial charge in [0.1, 0.15) is 0 Å². The lowest BCUT2D eigenvalue weighted by atomic mass is 9.79. The summed E-state index contributed by atoms with van der Waals surface area (Å²) < 4.78 is 7.75. The Labute approximate surface area is 193 Å². The van der Waals surface area contributed by atoms with E-state index in [1.807, 2.05) is 18.3 Å². The maximum atomic E-state index is 12.8. The summed E-state index contributed by atoms with van der Waals surface area (Å²) in [6.07, 6.45) is 11.9. The summed E-state index contributed by atoms with van der Waals surface area (Å²) in [6, 6.07) is 4.35. The summed E-state index contributed by atoms with van der Waals surface area (Å²) in [5.74, 6) is 1.27. The molecule has 2 saturated carbocycles. The summed E-state index contributed by atoms with van der Waals surface area (Å²) in [7, 11) is 0. The van der Waals surface area contributed by atoms with Gasteiger partial charge in [-0.15, -0.1) is 10.2 Å². The minimum Gasteiger partial charge on any atom is -0.379 e. The zero-order valence-corrected chi connectivity index (χ0v) is 19.4. The molecule has 32 heavy (non-hydrogen) atoms. The van der Waals surface area contributed by atoms with E-state index < -0.39 is 0 Å². The second-order valence-corrected chi connectivity index (χ2v) is 10.0. The lowest BCUT2D eigenvalue weighted by Crippen LogP contribution is -2.59. The van der Waals surface area contributed by atoms with E-state index in [-0.39, 0.29) is 11.4 Å². The third kappa shape index (κ3) is 4.84. The van der Waals surface area contributed by atoms with Crippen molar-refractivity contribution in [1.82, 2.24) is 30.0 Å². The molecule has 9 heteroatoms. The smallest absolute Gasteiger partial charge is 0.230 e. The molecule has 5 rings (SSSR count). The maximum absolute atomic E-state index is 12.8. The number of nitrogens with one attached hydrogen (secondary N) is 1. The number of ether oxygens (including phenoxy) is 1. The number of hydrogen-bond donors (Lipinski definition) is 1. The van der Waals surface area contributed by atoms with E-state index in [0.717, 1.165) is 75.1 Å². The number of hydrogen-bond acceptors (Lipinski definition) is 7. The van der Waals surface area contributed by atoms with Crippen LogP contribution in [0.15, 0.2) is 29.7 Å². The molecule has 1 saturated heterocycles. The quantitative estimate of drug-likeness (QED) is 0.611. The summed E-state index contributed by atoms with van der Waals surface area (Å²) in [4.78, 5) is 19.6. The van der Waals surface area contributed by atoms with Gasteiger partial charge in [0.2, 0.25) is 5.91 Å². The largest absolute Gasteiger partial charge is 0.379 e. The molecule has 1 N–H and O–H groups in total. The highest BCUT2D eigenvalue weighted by atomic mass is 32.2. The molecule has 1 aliphatic heterocycles. The van der Waals surface area contributed by atoms with Crippen LogP contribution in [0.5, 0.6) is 0 Å². The zero-order valence-electron chi connectivity index (χ0n) is 18.5. The SMILES string of the molecule is O=C(CSc1nnc(-c2cccnc2)n1C1CC1)NCC1(N2CCOCC2)CCCCC1. The minimum absolute atomic E-state index is 0.0708. The second-order valence-electron chi connectivity index (χ2n) is 9.10. The molecule has 2 aromatic heterocycles. The molecule has 0 unspecified atom stereocenters. The van der Waals surface area contributed by atoms with Crippen LogP contribution in [0.3, 0.4) is 0 Å². The lowest BCUT2D eigenvalue weighted by molar-refractivity contribution is -0.119. The fourth-order valence-corrected chi connectivity index (χ4v) is 5.86. The predicted octanol–water partition coefficient (Wildman–Crippen LogP) is 2.92. The normalized spacial score (nSPS) is 21.4. The number of pyridine rings is 1. The number of carbonyl (C=O) groups is 1. The molecule has 2 aliphatic carbocycles. The lowest BCUT2D eigenvalue weighted by Gasteiger charge is -2.48. The average molecular weight is 457 g/mol. The molecule has 0 aromatic carbocycles. The van der Waals surface area contributed by atoms with Crippen molar-refractivity contribution in [3.63, 3.8) is 0 Å². The van der Waals surface area contributed by atoms with Crippen molar-refractivity contribution in [2.75, 3.05) is 38.6 Å². The molecule has 0 radical (unpaired) electrons. The molecule has 0 atom stereocenters. The van der Waals surface area contributed by atoms with Crippen molar-refractivity contribution in [2.45, 2.75) is 61.7 Å². The van der Waals surface area contributed by atoms with Crippen molar-refractivity contribution in [3.8, 4) is 11.4 Å². The Bertz CT molecular complexity index is 904. The Balaban J connectivity index is 1.21. The molecular formula is C23H32N6O2S. The van der Waals surface area contributed by atoms with Crippen LogP contribution in [0.4, 0.5) is 0 Å². The van der Waals surface area contributed by atoms with E-state index in [0.29, 0.717) is 11.8 Å². The molecule has 172 valence electrons. The van der Waals surface area contributed by atoms with Gasteiger partial charge < -0.3 is 10.1 Å². The first-order valence-corrected chi connectivity index (χ1v) is 12.8. The number of nitrogens with zero attached hydrogens (tertiary/aromatic N) is 5. The topological polar surface area (TPSA) is 85.2 Å². The molecular weight excluding hydrogens is 424 g/mol. The van der Waals surface area contributed by atoms with Crippen LogP contribution in [0, 0.1) is 0 Å². The summed E-state index contributed by atoms with van der Waals surface area (Å²) >= 11 is 1.48. The van der Waals surface area contributed by atoms with Crippen molar-refractivity contribution in [1.29, 1.82) is 0 Å². The van der Waals surface area contributed by atoms with Crippen LogP contribution in [0.1, 0.15) is 51.0 Å². The molecule has 0 spiro atoms. The molecule has 3 fully saturated rings. The van der Waals surface area contributed by atoms with Crippen LogP contribution < -0.4 is 5.32 Å². The van der Waals surface area contributed by atoms with E-state index in [1.54, 1.807) is 6.20 Å². The zero-order chi connectivity index (χ0) is 21.8. The van der Waals surface area contributed by atoms with Gasteiger partial charge in [-0.1, -0.05) is 31.0 Å². The highest BCUT2D eigenvalue weighted by molar-refractivity contribution is 7.99. The fourth-order valence-electron chi connectivity index (χ4n) is 5.03. The predicted molar refractivity (Wildman–Crippen MR) is 123 cm³/mol. The van der Waals surface area contributed by atoms with E-state index in [1.165, 1.54) is 31.0 Å². The highest BCUT2D eigenvalue weighted by Crippen LogP contribution is 2.41. The van der Waals surface area contributed by atoms with Crippen LogP contribution in [0.25, 0.3) is 11.4 Å². The number of morpholine rings is 1. The Morgan fingerprint density at radius 1 is 1.19 bits per heavy atom. The highest BCUT2D eigenvalue weighted by Gasteiger charge is 2.39. The van der Waals surface area contributed by atoms with E-state index in [9.17, 15) is 4.79 Å². The molecule has 3 heterocycles. The van der Waals surface area contributed by atoms with Crippen LogP contribution in [-0.2, 0) is 9.53 Å². The molecule has 8 nitrogen and oxygen atoms in total. The van der Waals surface area contributed by atoms with E-state index in [4.69, 9.17) is 4.74 Å². The van der Waals surface area contributed by atoms with E-state index in [2.05, 4.69) is 30.0 Å². The summed E-state index contributed by atoms with van der Waals surface area (Å²) in [6.45, 7) is 4.24. The van der Waals surface area contributed by atoms with Crippen molar-refractivity contribution in [2.24, 2.45) is 0 Å². The minimum atomic E-state index is 0.0708. The van der Waals surface area contributed by atoms with Crippen molar-refractivity contribution >= 4 is 17.7 Å². The first-order chi connectivity index (χ1) is 15.8. The van der Waals surface area contributed by atoms with Gasteiger partial charge in [-0.25, -0.2) is 0 Å². The van der Waals surface area contributed by atoms with Gasteiger partial charge in [-0.3, -0.25) is 19.2 Å². The first kappa shape index (κ1) is 21.9. The van der Waals surface area contributed by atoms with Gasteiger partial charge in [0.15, 0.2) is 11.0 Å². The monoisotopic (exact) mass is 456 g/mol. The number of aromatic nitrogens is 4. The van der Waals surface area contributed by atoms with Gasteiger partial charge in [0.05, 0.1) is 19.0 Å². The number of carbonyl (C=O) groups excluding carboxylic acids is 1. The summed E-state index contributed by atoms with van der Waals surface area (Å²) in [5, 5.41) is 12.9. The summed E-state index contributed by atoms with van der Waals surface area (Å²) in [5.41, 5.74) is 1.05. The Kier molecular flexibility index (Phi) is 6.75. The third-order valence-corrected chi connectivity index (χ3v) is 7.85. The Hall–Kier alpha value is -1.97. The standard InChI is InChI=1S/C23H32N6O2S/c30-20(25-17-23(8-2-1-3-9-23)28-11-13-31-14-12-28)16-32-22-27-26-21(29(22)19-6-7-19)18-5-4-10-24-15-18/h4-5,10,15,19H,1-3,6-9,11-14,16-17H2,(H,25,30). The second kappa shape index (κ2) is 9.89. The van der Waals surface area contributed by atoms with Gasteiger partial charge >= 0.3 is 0 Å². The number of amides is 1. The molecule has 2 aromatic rings. The van der Waals surface area contributed by atoms with Crippen molar-refractivity contribution < 1.29 is 9.53 Å². The Morgan fingerprint density at radius 3 is 2.72 bits per heavy atom. The first-order valence-electron chi connectivity index (χ1n) is 11.8. The van der Waals surface area contributed by atoms with Crippen molar-refractivity contribution in [3.05, 3.63) is 24.5 Å². The van der Waals surface area contributed by atoms with E-state index >= 15 is 0 Å². The molecule has 0 bridgehead atoms. The van der Waals surface area contributed by atoms with Gasteiger partial charge in [-0.05, 0) is 37.8 Å². The van der Waals surface area contributed by atoms with Crippen LogP contribution in [0.2, 0.25) is 0 Å². The molecule has 3 aliphatic rings. The van der Waals surface area contributed by atoms with Gasteiger partial charge in [0.25, 0.3) is 0 Å². The van der Waals surface area contributed by atoms with Crippen LogP contribution in [-0.4, -0.2) is 74.7 Å². The Morgan fingerprint density at radius 2 is 2.00 bits per heavy atom. The van der Waals surface area contributed by atoms with Gasteiger partial charge in [0, 0.05) is 49.2 Å². The fraction of sp³-hybridized carbons (Fsp3) is 0.652. The van der Waals surface area contributed by atoms with Crippen LogP contribution >= 0.6 is 11.8 Å². The number of thioether (sulfide) groups is 1. The third-order valence-electron chi connectivity index (χ3n) is 6.91. The maximum Gasteiger partial charge on any atom is 0.230 e. The average Bonchev–Trinajstić information content (AvgIpc) is 3.61. The molecule has 1 amide bonds. The van der Waals surface area contributed by atoms with Gasteiger partial charge in [-0.2, -0.15) is 0 Å².